The average molecular weight is 855 g/mol. The van der Waals surface area contributed by atoms with Crippen LogP contribution in [0.3, 0.4) is 0 Å². The van der Waals surface area contributed by atoms with Crippen LogP contribution in [0.15, 0.2) is 188 Å². The molecule has 0 saturated heterocycles. The third-order valence-electron chi connectivity index (χ3n) is 13.5. The quantitative estimate of drug-likeness (QED) is 0.165. The van der Waals surface area contributed by atoms with Gasteiger partial charge in [0.25, 0.3) is 0 Å². The molecule has 310 valence electrons. The molecule has 13 rings (SSSR count). The summed E-state index contributed by atoms with van der Waals surface area (Å²) in [5, 5.41) is 4.97. The molecule has 4 heterocycles. The van der Waals surface area contributed by atoms with E-state index >= 15 is 0 Å². The van der Waals surface area contributed by atoms with Crippen molar-refractivity contribution in [1.29, 1.82) is 0 Å². The minimum atomic E-state index is -0.180. The molecule has 65 heavy (non-hydrogen) atoms. The van der Waals surface area contributed by atoms with Gasteiger partial charge in [0, 0.05) is 39.0 Å². The highest BCUT2D eigenvalue weighted by atomic mass is 32.1. The van der Waals surface area contributed by atoms with Crippen LogP contribution in [0.25, 0.3) is 54.2 Å². The molecule has 3 aliphatic rings. The van der Waals surface area contributed by atoms with Crippen LogP contribution < -0.4 is 30.1 Å². The molecule has 0 amide bonds. The van der Waals surface area contributed by atoms with Crippen molar-refractivity contribution in [3.05, 3.63) is 199 Å². The van der Waals surface area contributed by atoms with Crippen LogP contribution in [0.4, 0.5) is 27.8 Å². The fourth-order valence-corrected chi connectivity index (χ4v) is 11.6. The van der Waals surface area contributed by atoms with E-state index in [1.807, 2.05) is 35.6 Å². The van der Waals surface area contributed by atoms with Gasteiger partial charge in [-0.15, -0.1) is 11.3 Å². The number of nitrogens with zero attached hydrogens (tertiary/aromatic N) is 2. The Kier molecular flexibility index (Phi) is 8.32. The second kappa shape index (κ2) is 14.2. The number of hydrogen-bond donors (Lipinski definition) is 0. The van der Waals surface area contributed by atoms with Crippen molar-refractivity contribution in [2.24, 2.45) is 0 Å². The Morgan fingerprint density at radius 1 is 0.477 bits per heavy atom. The van der Waals surface area contributed by atoms with Crippen LogP contribution in [0.5, 0.6) is 23.0 Å². The molecule has 0 bridgehead atoms. The van der Waals surface area contributed by atoms with E-state index in [4.69, 9.17) is 9.47 Å². The Labute approximate surface area is 383 Å². The zero-order valence-corrected chi connectivity index (χ0v) is 37.4. The highest BCUT2D eigenvalue weighted by Gasteiger charge is 2.48. The van der Waals surface area contributed by atoms with Gasteiger partial charge < -0.3 is 19.2 Å². The average Bonchev–Trinajstić information content (AvgIpc) is 3.70. The lowest BCUT2D eigenvalue weighted by atomic mass is 9.43. The molecule has 6 heteroatoms. The Bertz CT molecular complexity index is 3560. The molecule has 0 N–H and O–H groups in total. The van der Waals surface area contributed by atoms with Crippen LogP contribution in [-0.2, 0) is 5.41 Å². The van der Waals surface area contributed by atoms with E-state index in [1.165, 1.54) is 81.4 Å². The van der Waals surface area contributed by atoms with Crippen molar-refractivity contribution in [1.82, 2.24) is 0 Å². The van der Waals surface area contributed by atoms with Gasteiger partial charge in [0.05, 0.1) is 10.7 Å². The topological polar surface area (TPSA) is 24.9 Å². The van der Waals surface area contributed by atoms with E-state index < -0.39 is 0 Å². The lowest BCUT2D eigenvalue weighted by molar-refractivity contribution is 0.360. The molecule has 3 aliphatic heterocycles. The van der Waals surface area contributed by atoms with Gasteiger partial charge in [0.1, 0.15) is 0 Å². The van der Waals surface area contributed by atoms with Crippen molar-refractivity contribution in [2.45, 2.75) is 33.1 Å². The van der Waals surface area contributed by atoms with Crippen molar-refractivity contribution in [2.75, 3.05) is 9.71 Å². The van der Waals surface area contributed by atoms with E-state index in [0.29, 0.717) is 23.0 Å². The number of aryl methyl sites for hydroxylation is 1. The third kappa shape index (κ3) is 5.97. The van der Waals surface area contributed by atoms with Crippen LogP contribution in [0.2, 0.25) is 0 Å². The molecule has 0 spiro atoms. The SMILES string of the molecule is Cc1cc2c3c(c1)N(c1ccc(C(C)(C)C)cc1-c1ccccc1)c1sc4cc5ccccc5cc4c1B3N(c1ccc(-c3ccccc3)cc1)c1cc3c(cc1-2)Oc1ccccc1O3. The molecule has 4 nitrogen and oxygen atoms in total. The molecule has 1 aromatic heterocycles. The number of anilines is 5. The first kappa shape index (κ1) is 38.0. The van der Waals surface area contributed by atoms with Crippen LogP contribution in [-0.4, -0.2) is 6.85 Å². The molecular weight excluding hydrogens is 812 g/mol. The number of para-hydroxylation sites is 2. The second-order valence-electron chi connectivity index (χ2n) is 18.6. The summed E-state index contributed by atoms with van der Waals surface area (Å²) < 4.78 is 14.6. The van der Waals surface area contributed by atoms with Gasteiger partial charge in [-0.1, -0.05) is 142 Å². The highest BCUT2D eigenvalue weighted by Crippen LogP contribution is 2.55. The number of fused-ring (bicyclic) bond motifs is 9. The maximum absolute atomic E-state index is 6.70. The maximum Gasteiger partial charge on any atom is 0.334 e. The summed E-state index contributed by atoms with van der Waals surface area (Å²) in [5.41, 5.74) is 16.6. The van der Waals surface area contributed by atoms with E-state index in [-0.39, 0.29) is 12.3 Å². The fraction of sp³-hybridized carbons (Fsp3) is 0.0847. The summed E-state index contributed by atoms with van der Waals surface area (Å²) in [6, 6.07) is 68.6. The number of rotatable bonds is 4. The molecule has 10 aromatic rings. The summed E-state index contributed by atoms with van der Waals surface area (Å²) in [5.74, 6) is 2.84. The fourth-order valence-electron chi connectivity index (χ4n) is 10.3. The zero-order chi connectivity index (χ0) is 43.6. The summed E-state index contributed by atoms with van der Waals surface area (Å²) in [4.78, 5) is 5.17. The maximum atomic E-state index is 6.70. The molecular formula is C59H43BN2O2S. The largest absolute Gasteiger partial charge is 0.449 e. The summed E-state index contributed by atoms with van der Waals surface area (Å²) in [6.45, 7) is 8.97. The predicted octanol–water partition coefficient (Wildman–Crippen LogP) is 15.6. The molecule has 9 aromatic carbocycles. The van der Waals surface area contributed by atoms with Gasteiger partial charge in [0.15, 0.2) is 23.0 Å². The normalized spacial score (nSPS) is 13.4. The van der Waals surface area contributed by atoms with E-state index in [1.54, 1.807) is 0 Å². The Hall–Kier alpha value is -7.54. The number of ether oxygens (including phenoxy) is 2. The number of benzene rings is 9. The molecule has 0 radical (unpaired) electrons. The van der Waals surface area contributed by atoms with Gasteiger partial charge >= 0.3 is 6.85 Å². The standard InChI is InChI=1S/C59H43BN2O2S/c1-36-29-46-45-34-53-54(64-52-22-14-13-21-51(52)63-53)35-49(45)62(43-26-23-38(24-27-43)37-15-7-5-8-16-37)60-56(46)50(30-36)61(58-57(60)47-31-40-19-11-12-20-41(40)32-55(47)65-58)48-28-25-42(59(2,3)4)33-44(48)39-17-9-6-10-18-39/h5-35H,1-4H3. The van der Waals surface area contributed by atoms with E-state index in [2.05, 4.69) is 201 Å². The minimum absolute atomic E-state index is 0.0356. The van der Waals surface area contributed by atoms with Gasteiger partial charge in [0.2, 0.25) is 0 Å². The van der Waals surface area contributed by atoms with E-state index in [9.17, 15) is 0 Å². The van der Waals surface area contributed by atoms with Gasteiger partial charge in [-0.3, -0.25) is 0 Å². The Morgan fingerprint density at radius 3 is 1.82 bits per heavy atom. The first-order valence-electron chi connectivity index (χ1n) is 22.4. The van der Waals surface area contributed by atoms with Gasteiger partial charge in [-0.2, -0.15) is 0 Å². The molecule has 0 saturated carbocycles. The van der Waals surface area contributed by atoms with Gasteiger partial charge in [-0.05, 0) is 133 Å². The van der Waals surface area contributed by atoms with Crippen molar-refractivity contribution in [3.63, 3.8) is 0 Å². The summed E-state index contributed by atoms with van der Waals surface area (Å²) in [6.07, 6.45) is 0. The minimum Gasteiger partial charge on any atom is -0.449 e. The van der Waals surface area contributed by atoms with E-state index in [0.717, 1.165) is 22.6 Å². The predicted molar refractivity (Wildman–Crippen MR) is 274 cm³/mol. The van der Waals surface area contributed by atoms with Crippen LogP contribution in [0, 0.1) is 6.92 Å². The molecule has 0 fully saturated rings. The van der Waals surface area contributed by atoms with Crippen molar-refractivity contribution < 1.29 is 9.47 Å². The van der Waals surface area contributed by atoms with Crippen molar-refractivity contribution >= 4 is 77.7 Å². The van der Waals surface area contributed by atoms with Crippen LogP contribution in [0.1, 0.15) is 31.9 Å². The van der Waals surface area contributed by atoms with Crippen LogP contribution >= 0.6 is 11.3 Å². The lowest BCUT2D eigenvalue weighted by Gasteiger charge is -2.45. The zero-order valence-electron chi connectivity index (χ0n) is 36.6. The molecule has 0 aliphatic carbocycles. The Balaban J connectivity index is 1.14. The highest BCUT2D eigenvalue weighted by molar-refractivity contribution is 7.26. The smallest absolute Gasteiger partial charge is 0.334 e. The van der Waals surface area contributed by atoms with Crippen molar-refractivity contribution in [3.8, 4) is 56.4 Å². The third-order valence-corrected chi connectivity index (χ3v) is 14.6. The summed E-state index contributed by atoms with van der Waals surface area (Å²) in [7, 11) is 0. The number of thiophene rings is 1. The number of hydrogen-bond acceptors (Lipinski definition) is 5. The molecule has 0 unspecified atom stereocenters. The lowest BCUT2D eigenvalue weighted by Crippen LogP contribution is -2.61. The first-order valence-corrected chi connectivity index (χ1v) is 23.2. The summed E-state index contributed by atoms with van der Waals surface area (Å²) >= 11 is 1.90. The second-order valence-corrected chi connectivity index (χ2v) is 19.6. The van der Waals surface area contributed by atoms with Gasteiger partial charge in [-0.25, -0.2) is 0 Å². The monoisotopic (exact) mass is 854 g/mol. The first-order chi connectivity index (χ1) is 31.7. The Morgan fingerprint density at radius 2 is 1.11 bits per heavy atom. The molecule has 0 atom stereocenters.